The number of rotatable bonds is 2. The largest absolute Gasteiger partial charge is 0.476 e. The van der Waals surface area contributed by atoms with Gasteiger partial charge in [0.2, 0.25) is 0 Å². The number of aliphatic hydroxyl groups is 1. The molecule has 4 atom stereocenters. The van der Waals surface area contributed by atoms with E-state index in [0.29, 0.717) is 6.42 Å². The van der Waals surface area contributed by atoms with Gasteiger partial charge in [0.05, 0.1) is 12.7 Å². The standard InChI is InChI=1S/C10H15O5P/c1-3-10(2,11)9-7-8-5-4-6-13-16(12,14-8)15-9/h3-5,8-9,11H,1,6-7H2,2H3/t8?,9?,10-,16?/m1/s1. The normalized spacial score (nSPS) is 42.1. The summed E-state index contributed by atoms with van der Waals surface area (Å²) >= 11 is 0. The van der Waals surface area contributed by atoms with Crippen molar-refractivity contribution in [1.82, 2.24) is 0 Å². The summed E-state index contributed by atoms with van der Waals surface area (Å²) < 4.78 is 27.4. The number of phosphoric ester groups is 1. The SMILES string of the molecule is C=C[C@@](C)(O)C1CC2C=CCOP(=O)(O2)O1. The van der Waals surface area contributed by atoms with Crippen molar-refractivity contribution >= 4 is 7.82 Å². The maximum absolute atomic E-state index is 12.0. The summed E-state index contributed by atoms with van der Waals surface area (Å²) in [7, 11) is -3.54. The first-order chi connectivity index (χ1) is 7.45. The van der Waals surface area contributed by atoms with Gasteiger partial charge in [-0.3, -0.25) is 13.6 Å². The molecule has 3 unspecified atom stereocenters. The Morgan fingerprint density at radius 3 is 3.06 bits per heavy atom. The highest BCUT2D eigenvalue weighted by Gasteiger charge is 2.46. The molecule has 90 valence electrons. The fourth-order valence-electron chi connectivity index (χ4n) is 1.64. The van der Waals surface area contributed by atoms with Crippen molar-refractivity contribution in [2.75, 3.05) is 6.61 Å². The lowest BCUT2D eigenvalue weighted by Crippen LogP contribution is -2.43. The maximum Gasteiger partial charge on any atom is 0.476 e. The molecule has 0 radical (unpaired) electrons. The molecule has 0 spiro atoms. The van der Waals surface area contributed by atoms with E-state index < -0.39 is 19.5 Å². The van der Waals surface area contributed by atoms with Gasteiger partial charge in [-0.25, -0.2) is 4.57 Å². The minimum Gasteiger partial charge on any atom is -0.383 e. The van der Waals surface area contributed by atoms with Crippen LogP contribution in [0.4, 0.5) is 0 Å². The Bertz CT molecular complexity index is 362. The molecule has 1 fully saturated rings. The Labute approximate surface area is 94.3 Å². The zero-order chi connectivity index (χ0) is 11.8. The van der Waals surface area contributed by atoms with Crippen molar-refractivity contribution in [1.29, 1.82) is 0 Å². The fraction of sp³-hybridized carbons (Fsp3) is 0.600. The van der Waals surface area contributed by atoms with Gasteiger partial charge in [-0.1, -0.05) is 18.2 Å². The van der Waals surface area contributed by atoms with Gasteiger partial charge in [0, 0.05) is 6.42 Å². The Morgan fingerprint density at radius 1 is 1.62 bits per heavy atom. The smallest absolute Gasteiger partial charge is 0.383 e. The highest BCUT2D eigenvalue weighted by atomic mass is 31.2. The molecule has 1 saturated heterocycles. The molecule has 0 aromatic carbocycles. The van der Waals surface area contributed by atoms with E-state index in [1.165, 1.54) is 6.08 Å². The molecule has 6 heteroatoms. The van der Waals surface area contributed by atoms with Crippen molar-refractivity contribution in [2.24, 2.45) is 0 Å². The van der Waals surface area contributed by atoms with Gasteiger partial charge in [-0.05, 0) is 6.92 Å². The highest BCUT2D eigenvalue weighted by Crippen LogP contribution is 2.57. The molecular weight excluding hydrogens is 231 g/mol. The first-order valence-corrected chi connectivity index (χ1v) is 6.55. The van der Waals surface area contributed by atoms with Crippen LogP contribution in [0.2, 0.25) is 0 Å². The molecule has 0 aromatic heterocycles. The Morgan fingerprint density at radius 2 is 2.38 bits per heavy atom. The average molecular weight is 246 g/mol. The average Bonchev–Trinajstić information content (AvgIpc) is 2.36. The topological polar surface area (TPSA) is 65.0 Å². The summed E-state index contributed by atoms with van der Waals surface area (Å²) in [6.45, 7) is 5.27. The van der Waals surface area contributed by atoms with Gasteiger partial charge in [0.25, 0.3) is 0 Å². The van der Waals surface area contributed by atoms with Gasteiger partial charge in [0.1, 0.15) is 11.7 Å². The molecular formula is C10H15O5P. The van der Waals surface area contributed by atoms with Crippen molar-refractivity contribution in [2.45, 2.75) is 31.2 Å². The molecule has 2 bridgehead atoms. The van der Waals surface area contributed by atoms with E-state index in [-0.39, 0.29) is 12.7 Å². The van der Waals surface area contributed by atoms with Crippen molar-refractivity contribution in [3.63, 3.8) is 0 Å². The second kappa shape index (κ2) is 4.09. The van der Waals surface area contributed by atoms with E-state index in [1.807, 2.05) is 0 Å². The fourth-order valence-corrected chi connectivity index (χ4v) is 3.18. The van der Waals surface area contributed by atoms with Gasteiger partial charge in [0.15, 0.2) is 0 Å². The molecule has 1 N–H and O–H groups in total. The molecule has 0 amide bonds. The quantitative estimate of drug-likeness (QED) is 0.594. The molecule has 5 nitrogen and oxygen atoms in total. The lowest BCUT2D eigenvalue weighted by molar-refractivity contribution is -0.0740. The minimum absolute atomic E-state index is 0.191. The molecule has 0 aromatic rings. The van der Waals surface area contributed by atoms with Crippen LogP contribution in [0.5, 0.6) is 0 Å². The summed E-state index contributed by atoms with van der Waals surface area (Å²) in [6.07, 6.45) is 4.30. The zero-order valence-electron chi connectivity index (χ0n) is 9.04. The van der Waals surface area contributed by atoms with Crippen LogP contribution in [0.1, 0.15) is 13.3 Å². The van der Waals surface area contributed by atoms with E-state index in [1.54, 1.807) is 19.1 Å². The van der Waals surface area contributed by atoms with Crippen LogP contribution < -0.4 is 0 Å². The molecule has 2 heterocycles. The van der Waals surface area contributed by atoms with Crippen LogP contribution in [-0.4, -0.2) is 29.5 Å². The second-order valence-electron chi connectivity index (χ2n) is 4.07. The van der Waals surface area contributed by atoms with E-state index in [4.69, 9.17) is 13.6 Å². The minimum atomic E-state index is -3.54. The monoisotopic (exact) mass is 246 g/mol. The molecule has 0 saturated carbocycles. The zero-order valence-corrected chi connectivity index (χ0v) is 9.93. The van der Waals surface area contributed by atoms with Crippen LogP contribution in [0.25, 0.3) is 0 Å². The van der Waals surface area contributed by atoms with Crippen molar-refractivity contribution in [3.8, 4) is 0 Å². The number of hydrogen-bond acceptors (Lipinski definition) is 5. The Balaban J connectivity index is 2.24. The van der Waals surface area contributed by atoms with Crippen molar-refractivity contribution in [3.05, 3.63) is 24.8 Å². The first kappa shape index (κ1) is 12.0. The van der Waals surface area contributed by atoms with Crippen LogP contribution in [-0.2, 0) is 18.1 Å². The van der Waals surface area contributed by atoms with E-state index in [9.17, 15) is 9.67 Å². The van der Waals surface area contributed by atoms with Crippen LogP contribution in [0.15, 0.2) is 24.8 Å². The third-order valence-electron chi connectivity index (χ3n) is 2.71. The highest BCUT2D eigenvalue weighted by molar-refractivity contribution is 7.48. The Kier molecular flexibility index (Phi) is 3.07. The molecule has 2 aliphatic rings. The van der Waals surface area contributed by atoms with E-state index in [2.05, 4.69) is 6.58 Å². The van der Waals surface area contributed by atoms with Gasteiger partial charge in [-0.2, -0.15) is 0 Å². The molecule has 2 aliphatic heterocycles. The summed E-state index contributed by atoms with van der Waals surface area (Å²) in [5.74, 6) is 0. The molecule has 0 aliphatic carbocycles. The molecule has 16 heavy (non-hydrogen) atoms. The molecule has 2 rings (SSSR count). The maximum atomic E-state index is 12.0. The summed E-state index contributed by atoms with van der Waals surface area (Å²) in [5.41, 5.74) is -1.25. The summed E-state index contributed by atoms with van der Waals surface area (Å²) in [5, 5.41) is 10.0. The van der Waals surface area contributed by atoms with Crippen LogP contribution in [0.3, 0.4) is 0 Å². The summed E-state index contributed by atoms with van der Waals surface area (Å²) in [4.78, 5) is 0. The third kappa shape index (κ3) is 2.29. The number of fused-ring (bicyclic) bond motifs is 2. The Hall–Kier alpha value is -0.450. The predicted molar refractivity (Wildman–Crippen MR) is 57.9 cm³/mol. The third-order valence-corrected chi connectivity index (χ3v) is 4.22. The number of phosphoric acid groups is 1. The lowest BCUT2D eigenvalue weighted by Gasteiger charge is -2.37. The first-order valence-electron chi connectivity index (χ1n) is 5.09. The predicted octanol–water partition coefficient (Wildman–Crippen LogP) is 1.79. The van der Waals surface area contributed by atoms with E-state index in [0.717, 1.165) is 0 Å². The van der Waals surface area contributed by atoms with E-state index >= 15 is 0 Å². The van der Waals surface area contributed by atoms with Crippen molar-refractivity contribution < 1.29 is 23.2 Å². The lowest BCUT2D eigenvalue weighted by atomic mass is 9.94. The van der Waals surface area contributed by atoms with Gasteiger partial charge in [-0.15, -0.1) is 6.58 Å². The van der Waals surface area contributed by atoms with Crippen LogP contribution >= 0.6 is 7.82 Å². The van der Waals surface area contributed by atoms with Crippen LogP contribution in [0, 0.1) is 0 Å². The second-order valence-corrected chi connectivity index (χ2v) is 5.65. The summed E-state index contributed by atoms with van der Waals surface area (Å²) in [6, 6.07) is 0. The van der Waals surface area contributed by atoms with Gasteiger partial charge < -0.3 is 5.11 Å². The number of hydrogen-bond donors (Lipinski definition) is 1. The van der Waals surface area contributed by atoms with Gasteiger partial charge >= 0.3 is 7.82 Å².